The van der Waals surface area contributed by atoms with Gasteiger partial charge in [-0.05, 0) is 25.2 Å². The number of hydrogen-bond acceptors (Lipinski definition) is 3. The molecule has 109 valence electrons. The number of morpholine rings is 1. The molecule has 0 aromatic carbocycles. The average molecular weight is 268 g/mol. The fourth-order valence-corrected chi connectivity index (χ4v) is 2.69. The molecule has 0 saturated carbocycles. The van der Waals surface area contributed by atoms with Crippen molar-refractivity contribution in [1.29, 1.82) is 0 Å². The van der Waals surface area contributed by atoms with Crippen molar-refractivity contribution in [3.63, 3.8) is 0 Å². The van der Waals surface area contributed by atoms with Gasteiger partial charge in [-0.25, -0.2) is 5.32 Å². The average Bonchev–Trinajstić information content (AvgIpc) is 2.47. The maximum absolute atomic E-state index is 11.7. The highest BCUT2D eigenvalue weighted by atomic mass is 16.5. The molecule has 1 amide bonds. The summed E-state index contributed by atoms with van der Waals surface area (Å²) in [5.41, 5.74) is 0. The number of piperidine rings is 1. The highest BCUT2D eigenvalue weighted by molar-refractivity contribution is 5.75. The molecule has 0 bridgehead atoms. The summed E-state index contributed by atoms with van der Waals surface area (Å²) in [5.74, 6) is 0.831. The van der Waals surface area contributed by atoms with E-state index in [0.717, 1.165) is 58.9 Å². The van der Waals surface area contributed by atoms with Crippen LogP contribution in [0.1, 0.15) is 25.7 Å². The molecule has 0 spiro atoms. The summed E-state index contributed by atoms with van der Waals surface area (Å²) in [5, 5.41) is 7.43. The van der Waals surface area contributed by atoms with Gasteiger partial charge in [-0.15, -0.1) is 0 Å². The van der Waals surface area contributed by atoms with E-state index in [0.29, 0.717) is 12.3 Å². The van der Waals surface area contributed by atoms with Gasteiger partial charge in [-0.2, -0.15) is 0 Å². The van der Waals surface area contributed by atoms with Gasteiger partial charge in [-0.1, -0.05) is 0 Å². The Morgan fingerprint density at radius 2 is 2.21 bits per heavy atom. The Morgan fingerprint density at radius 3 is 2.95 bits per heavy atom. The number of nitrogens with zero attached hydrogens (tertiary/aromatic N) is 2. The van der Waals surface area contributed by atoms with Crippen molar-refractivity contribution in [2.75, 3.05) is 52.5 Å². The molecule has 19 heavy (non-hydrogen) atoms. The van der Waals surface area contributed by atoms with Crippen LogP contribution in [-0.2, 0) is 9.53 Å². The molecule has 2 saturated heterocycles. The number of rotatable bonds is 6. The van der Waals surface area contributed by atoms with Gasteiger partial charge >= 0.3 is 0 Å². The van der Waals surface area contributed by atoms with Crippen LogP contribution in [0.5, 0.6) is 0 Å². The second-order valence-corrected chi connectivity index (χ2v) is 5.48. The number of carbonyl (C=O) groups is 1. The monoisotopic (exact) mass is 268 g/mol. The van der Waals surface area contributed by atoms with Crippen LogP contribution in [0.3, 0.4) is 0 Å². The molecule has 0 aliphatic carbocycles. The molecular weight excluding hydrogens is 242 g/mol. The lowest BCUT2D eigenvalue weighted by atomic mass is 9.94. The molecule has 2 fully saturated rings. The van der Waals surface area contributed by atoms with Crippen LogP contribution in [0.15, 0.2) is 0 Å². The zero-order valence-corrected chi connectivity index (χ0v) is 11.8. The van der Waals surface area contributed by atoms with Crippen molar-refractivity contribution in [2.24, 2.45) is 5.92 Å². The first-order valence-corrected chi connectivity index (χ1v) is 7.54. The van der Waals surface area contributed by atoms with Crippen molar-refractivity contribution < 1.29 is 9.53 Å². The third-order valence-electron chi connectivity index (χ3n) is 3.95. The SMILES string of the molecule is O=C(CCC1CCC[N]C1)NCCN1CCOCC1. The van der Waals surface area contributed by atoms with Crippen molar-refractivity contribution in [3.8, 4) is 0 Å². The molecule has 1 atom stereocenters. The van der Waals surface area contributed by atoms with Crippen molar-refractivity contribution in [1.82, 2.24) is 15.5 Å². The van der Waals surface area contributed by atoms with E-state index in [1.54, 1.807) is 0 Å². The molecule has 1 radical (unpaired) electrons. The lowest BCUT2D eigenvalue weighted by Crippen LogP contribution is -2.41. The van der Waals surface area contributed by atoms with E-state index in [9.17, 15) is 4.79 Å². The lowest BCUT2D eigenvalue weighted by Gasteiger charge is -2.26. The van der Waals surface area contributed by atoms with Gasteiger partial charge in [0.25, 0.3) is 0 Å². The summed E-state index contributed by atoms with van der Waals surface area (Å²) in [6.45, 7) is 7.28. The van der Waals surface area contributed by atoms with Crippen LogP contribution in [0.25, 0.3) is 0 Å². The van der Waals surface area contributed by atoms with Crippen molar-refractivity contribution in [3.05, 3.63) is 0 Å². The summed E-state index contributed by atoms with van der Waals surface area (Å²) in [6.07, 6.45) is 4.09. The van der Waals surface area contributed by atoms with Crippen LogP contribution in [0.2, 0.25) is 0 Å². The predicted octanol–water partition coefficient (Wildman–Crippen LogP) is 0.229. The van der Waals surface area contributed by atoms with E-state index in [1.807, 2.05) is 0 Å². The smallest absolute Gasteiger partial charge is 0.220 e. The maximum Gasteiger partial charge on any atom is 0.220 e. The summed E-state index contributed by atoms with van der Waals surface area (Å²) >= 11 is 0. The highest BCUT2D eigenvalue weighted by Gasteiger charge is 2.15. The van der Waals surface area contributed by atoms with Gasteiger partial charge in [0.1, 0.15) is 0 Å². The van der Waals surface area contributed by atoms with Crippen LogP contribution in [0.4, 0.5) is 0 Å². The number of hydrogen-bond donors (Lipinski definition) is 1. The minimum atomic E-state index is 0.193. The second-order valence-electron chi connectivity index (χ2n) is 5.48. The summed E-state index contributed by atoms with van der Waals surface area (Å²) in [7, 11) is 0. The Balaban J connectivity index is 1.49. The quantitative estimate of drug-likeness (QED) is 0.750. The summed E-state index contributed by atoms with van der Waals surface area (Å²) in [4.78, 5) is 14.1. The van der Waals surface area contributed by atoms with Crippen LogP contribution in [-0.4, -0.2) is 63.3 Å². The van der Waals surface area contributed by atoms with Gasteiger partial charge in [0, 0.05) is 45.7 Å². The molecule has 0 aromatic rings. The number of amides is 1. The minimum absolute atomic E-state index is 0.193. The predicted molar refractivity (Wildman–Crippen MR) is 74.1 cm³/mol. The maximum atomic E-state index is 11.7. The molecule has 1 unspecified atom stereocenters. The third kappa shape index (κ3) is 5.89. The molecule has 2 aliphatic heterocycles. The van der Waals surface area contributed by atoms with Crippen LogP contribution >= 0.6 is 0 Å². The first kappa shape index (κ1) is 14.8. The lowest BCUT2D eigenvalue weighted by molar-refractivity contribution is -0.121. The van der Waals surface area contributed by atoms with E-state index in [2.05, 4.69) is 15.5 Å². The largest absolute Gasteiger partial charge is 0.379 e. The van der Waals surface area contributed by atoms with Gasteiger partial charge < -0.3 is 10.1 Å². The van der Waals surface area contributed by atoms with Gasteiger partial charge in [-0.3, -0.25) is 9.69 Å². The van der Waals surface area contributed by atoms with E-state index < -0.39 is 0 Å². The number of ether oxygens (including phenoxy) is 1. The van der Waals surface area contributed by atoms with Gasteiger partial charge in [0.2, 0.25) is 5.91 Å². The number of carbonyl (C=O) groups excluding carboxylic acids is 1. The van der Waals surface area contributed by atoms with Crippen LogP contribution in [0, 0.1) is 5.92 Å². The Bertz CT molecular complexity index is 261. The standard InChI is InChI=1S/C14H26N3O2/c18-14(4-3-13-2-1-5-15-12-13)16-6-7-17-8-10-19-11-9-17/h13H,1-12H2,(H,16,18). The molecule has 2 rings (SSSR count). The van der Waals surface area contributed by atoms with Crippen molar-refractivity contribution in [2.45, 2.75) is 25.7 Å². The zero-order chi connectivity index (χ0) is 13.3. The fraction of sp³-hybridized carbons (Fsp3) is 0.929. The molecule has 0 aromatic heterocycles. The molecule has 5 nitrogen and oxygen atoms in total. The number of nitrogens with one attached hydrogen (secondary N) is 1. The van der Waals surface area contributed by atoms with E-state index >= 15 is 0 Å². The van der Waals surface area contributed by atoms with Gasteiger partial charge in [0.05, 0.1) is 13.2 Å². The first-order chi connectivity index (χ1) is 9.34. The summed E-state index contributed by atoms with van der Waals surface area (Å²) in [6, 6.07) is 0. The Hall–Kier alpha value is -0.650. The molecule has 2 heterocycles. The first-order valence-electron chi connectivity index (χ1n) is 7.54. The second kappa shape index (κ2) is 8.51. The normalized spacial score (nSPS) is 25.2. The minimum Gasteiger partial charge on any atom is -0.379 e. The third-order valence-corrected chi connectivity index (χ3v) is 3.95. The van der Waals surface area contributed by atoms with Gasteiger partial charge in [0.15, 0.2) is 0 Å². The van der Waals surface area contributed by atoms with E-state index in [4.69, 9.17) is 4.74 Å². The Morgan fingerprint density at radius 1 is 1.37 bits per heavy atom. The highest BCUT2D eigenvalue weighted by Crippen LogP contribution is 2.16. The molecule has 1 N–H and O–H groups in total. The topological polar surface area (TPSA) is 55.7 Å². The van der Waals surface area contributed by atoms with Crippen LogP contribution < -0.4 is 10.6 Å². The zero-order valence-electron chi connectivity index (χ0n) is 11.8. The molecule has 5 heteroatoms. The summed E-state index contributed by atoms with van der Waals surface area (Å²) < 4.78 is 5.29. The van der Waals surface area contributed by atoms with E-state index in [1.165, 1.54) is 12.8 Å². The molecular formula is C14H26N3O2. The van der Waals surface area contributed by atoms with E-state index in [-0.39, 0.29) is 5.91 Å². The Labute approximate surface area is 116 Å². The van der Waals surface area contributed by atoms with Crippen molar-refractivity contribution >= 4 is 5.91 Å². The molecule has 2 aliphatic rings. The Kier molecular flexibility index (Phi) is 6.61. The fourth-order valence-electron chi connectivity index (χ4n) is 2.69.